The van der Waals surface area contributed by atoms with Crippen LogP contribution in [0.3, 0.4) is 0 Å². The molecule has 1 heterocycles. The first-order valence-corrected chi connectivity index (χ1v) is 8.50. The van der Waals surface area contributed by atoms with Gasteiger partial charge in [0.2, 0.25) is 6.79 Å². The third-order valence-electron chi connectivity index (χ3n) is 6.01. The third kappa shape index (κ3) is 1.93. The Hall–Kier alpha value is -1.09. The molecule has 0 aromatic heterocycles. The Kier molecular flexibility index (Phi) is 2.64. The summed E-state index contributed by atoms with van der Waals surface area (Å²) in [7, 11) is 0. The molecule has 21 heavy (non-hydrogen) atoms. The highest BCUT2D eigenvalue weighted by molar-refractivity contribution is 6.33. The van der Waals surface area contributed by atoms with Crippen LogP contribution in [-0.2, 0) is 0 Å². The van der Waals surface area contributed by atoms with E-state index in [-0.39, 0.29) is 0 Å². The van der Waals surface area contributed by atoms with Crippen LogP contribution < -0.4 is 14.8 Å². The van der Waals surface area contributed by atoms with Crippen molar-refractivity contribution in [2.45, 2.75) is 38.1 Å². The molecule has 4 aliphatic carbocycles. The van der Waals surface area contributed by atoms with E-state index in [0.717, 1.165) is 45.9 Å². The first-order valence-electron chi connectivity index (χ1n) is 8.12. The van der Waals surface area contributed by atoms with Crippen LogP contribution in [0.5, 0.6) is 11.5 Å². The van der Waals surface area contributed by atoms with Crippen molar-refractivity contribution < 1.29 is 9.47 Å². The lowest BCUT2D eigenvalue weighted by Gasteiger charge is -2.54. The van der Waals surface area contributed by atoms with Crippen LogP contribution in [0.1, 0.15) is 32.1 Å². The largest absolute Gasteiger partial charge is 0.454 e. The van der Waals surface area contributed by atoms with E-state index in [9.17, 15) is 0 Å². The number of nitrogens with one attached hydrogen (secondary N) is 1. The van der Waals surface area contributed by atoms with Crippen molar-refractivity contribution >= 4 is 17.3 Å². The predicted molar refractivity (Wildman–Crippen MR) is 82.0 cm³/mol. The molecule has 4 heteroatoms. The zero-order valence-electron chi connectivity index (χ0n) is 12.0. The first kappa shape index (κ1) is 12.5. The Labute approximate surface area is 130 Å². The average Bonchev–Trinajstić information content (AvgIpc) is 2.89. The van der Waals surface area contributed by atoms with E-state index in [1.54, 1.807) is 0 Å². The van der Waals surface area contributed by atoms with Crippen molar-refractivity contribution in [3.8, 4) is 11.5 Å². The summed E-state index contributed by atoms with van der Waals surface area (Å²) in [5.41, 5.74) is 1.01. The number of benzene rings is 1. The monoisotopic (exact) mass is 305 g/mol. The number of hydrogen-bond donors (Lipinski definition) is 1. The highest BCUT2D eigenvalue weighted by Crippen LogP contribution is 2.54. The lowest BCUT2D eigenvalue weighted by Crippen LogP contribution is -2.51. The summed E-state index contributed by atoms with van der Waals surface area (Å²) in [6.45, 7) is 0.299. The fraction of sp³-hybridized carbons (Fsp3) is 0.647. The van der Waals surface area contributed by atoms with Crippen LogP contribution in [0, 0.1) is 23.7 Å². The van der Waals surface area contributed by atoms with Gasteiger partial charge in [-0.05, 0) is 55.8 Å². The Balaban J connectivity index is 1.43. The van der Waals surface area contributed by atoms with Crippen molar-refractivity contribution in [1.82, 2.24) is 0 Å². The molecule has 4 fully saturated rings. The number of rotatable bonds is 2. The van der Waals surface area contributed by atoms with Gasteiger partial charge in [-0.1, -0.05) is 11.6 Å². The second-order valence-corrected chi connectivity index (χ2v) is 7.69. The molecular weight excluding hydrogens is 286 g/mol. The summed E-state index contributed by atoms with van der Waals surface area (Å²) >= 11 is 6.42. The highest BCUT2D eigenvalue weighted by Gasteiger charge is 2.48. The summed E-state index contributed by atoms with van der Waals surface area (Å²) in [5, 5.41) is 4.50. The van der Waals surface area contributed by atoms with Crippen LogP contribution in [0.25, 0.3) is 0 Å². The lowest BCUT2D eigenvalue weighted by molar-refractivity contribution is 0.00754. The fourth-order valence-electron chi connectivity index (χ4n) is 5.37. The maximum Gasteiger partial charge on any atom is 0.231 e. The molecule has 1 aromatic carbocycles. The molecule has 4 bridgehead atoms. The molecule has 0 unspecified atom stereocenters. The van der Waals surface area contributed by atoms with Gasteiger partial charge in [0.05, 0.1) is 10.7 Å². The Morgan fingerprint density at radius 2 is 1.52 bits per heavy atom. The lowest BCUT2D eigenvalue weighted by atomic mass is 9.54. The van der Waals surface area contributed by atoms with Gasteiger partial charge in [0, 0.05) is 18.2 Å². The molecule has 5 aliphatic rings. The minimum Gasteiger partial charge on any atom is -0.454 e. The zero-order valence-corrected chi connectivity index (χ0v) is 12.7. The summed E-state index contributed by atoms with van der Waals surface area (Å²) < 4.78 is 10.9. The Morgan fingerprint density at radius 3 is 2.19 bits per heavy atom. The molecule has 0 amide bonds. The van der Waals surface area contributed by atoms with Crippen LogP contribution in [0.4, 0.5) is 5.69 Å². The predicted octanol–water partition coefficient (Wildman–Crippen LogP) is 4.31. The second kappa shape index (κ2) is 4.45. The number of ether oxygens (including phenoxy) is 2. The standard InChI is InChI=1S/C17H20ClNO2/c18-13-6-15-16(21-8-20-15)7-14(13)19-17-11-2-9-1-10(4-11)5-12(17)3-9/h6-7,9-12,17,19H,1-5,8H2. The SMILES string of the molecule is Clc1cc2c(cc1NC1C3CC4CC(C3)CC1C4)OCO2. The first-order chi connectivity index (χ1) is 10.3. The number of anilines is 1. The zero-order chi connectivity index (χ0) is 14.0. The maximum absolute atomic E-state index is 6.42. The van der Waals surface area contributed by atoms with Crippen LogP contribution in [0.15, 0.2) is 12.1 Å². The minimum atomic E-state index is 0.299. The van der Waals surface area contributed by atoms with Crippen molar-refractivity contribution in [2.24, 2.45) is 23.7 Å². The molecule has 0 atom stereocenters. The van der Waals surface area contributed by atoms with Gasteiger partial charge in [-0.25, -0.2) is 0 Å². The van der Waals surface area contributed by atoms with E-state index >= 15 is 0 Å². The molecule has 0 radical (unpaired) electrons. The molecule has 0 spiro atoms. The van der Waals surface area contributed by atoms with E-state index in [0.29, 0.717) is 12.8 Å². The number of fused-ring (bicyclic) bond motifs is 1. The fourth-order valence-corrected chi connectivity index (χ4v) is 5.58. The van der Waals surface area contributed by atoms with Crippen LogP contribution in [0.2, 0.25) is 5.02 Å². The van der Waals surface area contributed by atoms with E-state index in [4.69, 9.17) is 21.1 Å². The smallest absolute Gasteiger partial charge is 0.231 e. The summed E-state index contributed by atoms with van der Waals surface area (Å²) in [6, 6.07) is 4.48. The molecule has 3 nitrogen and oxygen atoms in total. The van der Waals surface area contributed by atoms with Gasteiger partial charge < -0.3 is 14.8 Å². The number of hydrogen-bond acceptors (Lipinski definition) is 3. The van der Waals surface area contributed by atoms with Gasteiger partial charge in [0.1, 0.15) is 0 Å². The summed E-state index contributed by atoms with van der Waals surface area (Å²) in [6.07, 6.45) is 7.13. The van der Waals surface area contributed by atoms with Gasteiger partial charge in [-0.3, -0.25) is 0 Å². The van der Waals surface area contributed by atoms with Gasteiger partial charge >= 0.3 is 0 Å². The third-order valence-corrected chi connectivity index (χ3v) is 6.32. The highest BCUT2D eigenvalue weighted by atomic mass is 35.5. The topological polar surface area (TPSA) is 30.5 Å². The molecule has 112 valence electrons. The number of halogens is 1. The normalized spacial score (nSPS) is 38.8. The quantitative estimate of drug-likeness (QED) is 0.883. The minimum absolute atomic E-state index is 0.299. The second-order valence-electron chi connectivity index (χ2n) is 7.29. The van der Waals surface area contributed by atoms with E-state index in [1.165, 1.54) is 32.1 Å². The molecule has 0 saturated heterocycles. The average molecular weight is 306 g/mol. The Morgan fingerprint density at radius 1 is 0.905 bits per heavy atom. The van der Waals surface area contributed by atoms with E-state index in [1.807, 2.05) is 12.1 Å². The van der Waals surface area contributed by atoms with Crippen molar-refractivity contribution in [3.63, 3.8) is 0 Å². The molecule has 4 saturated carbocycles. The summed E-state index contributed by atoms with van der Waals surface area (Å²) in [5.74, 6) is 5.24. The molecule has 1 N–H and O–H groups in total. The molecular formula is C17H20ClNO2. The molecule has 6 rings (SSSR count). The van der Waals surface area contributed by atoms with Gasteiger partial charge in [0.25, 0.3) is 0 Å². The molecule has 1 aromatic rings. The van der Waals surface area contributed by atoms with Gasteiger partial charge in [-0.15, -0.1) is 0 Å². The van der Waals surface area contributed by atoms with Crippen molar-refractivity contribution in [1.29, 1.82) is 0 Å². The summed E-state index contributed by atoms with van der Waals surface area (Å²) in [4.78, 5) is 0. The van der Waals surface area contributed by atoms with Gasteiger partial charge in [-0.2, -0.15) is 0 Å². The maximum atomic E-state index is 6.42. The molecule has 1 aliphatic heterocycles. The Bertz CT molecular complexity index is 560. The van der Waals surface area contributed by atoms with E-state index < -0.39 is 0 Å². The van der Waals surface area contributed by atoms with Crippen LogP contribution in [-0.4, -0.2) is 12.8 Å². The van der Waals surface area contributed by atoms with Crippen LogP contribution >= 0.6 is 11.6 Å². The van der Waals surface area contributed by atoms with Crippen molar-refractivity contribution in [2.75, 3.05) is 12.1 Å². The van der Waals surface area contributed by atoms with Gasteiger partial charge in [0.15, 0.2) is 11.5 Å². The van der Waals surface area contributed by atoms with E-state index in [2.05, 4.69) is 5.32 Å². The van der Waals surface area contributed by atoms with Crippen molar-refractivity contribution in [3.05, 3.63) is 17.2 Å².